The second kappa shape index (κ2) is 60.8. The first kappa shape index (κ1) is 84.3. The average Bonchev–Trinajstić information content (AvgIpc) is 1.24. The summed E-state index contributed by atoms with van der Waals surface area (Å²) < 4.78 is 22.8. The van der Waals surface area contributed by atoms with Crippen LogP contribution in [0, 0.1) is 0 Å². The summed E-state index contributed by atoms with van der Waals surface area (Å²) in [6.07, 6.45) is 68.2. The Balaban J connectivity index is 1.55. The minimum atomic E-state index is -1.79. The molecule has 0 bridgehead atoms. The van der Waals surface area contributed by atoms with Crippen molar-refractivity contribution in [1.29, 1.82) is 0 Å². The number of aliphatic hydroxyl groups is 8. The first-order chi connectivity index (χ1) is 44.6. The second-order valence-corrected chi connectivity index (χ2v) is 26.0. The summed E-state index contributed by atoms with van der Waals surface area (Å²) in [6, 6.07) is -0.939. The van der Waals surface area contributed by atoms with Gasteiger partial charge in [0, 0.05) is 6.42 Å². The molecule has 0 aromatic rings. The Hall–Kier alpha value is -2.83. The summed E-state index contributed by atoms with van der Waals surface area (Å²) in [4.78, 5) is 13.3. The number of carbonyl (C=O) groups is 1. The van der Waals surface area contributed by atoms with E-state index in [9.17, 15) is 45.6 Å². The molecule has 9 N–H and O–H groups in total. The molecule has 1 amide bonds. The molecule has 0 saturated carbocycles. The minimum absolute atomic E-state index is 0.250. The number of hydrogen-bond acceptors (Lipinski definition) is 13. The summed E-state index contributed by atoms with van der Waals surface area (Å²) >= 11 is 0. The predicted molar refractivity (Wildman–Crippen MR) is 373 cm³/mol. The standard InChI is InChI=1S/C77H137NO13/c1-3-5-7-9-11-13-15-17-19-21-22-23-24-25-26-27-28-29-30-31-32-33-34-35-36-37-38-39-40-41-42-43-44-45-47-49-51-53-55-57-59-61-69(82)78-65(66(81)60-58-56-54-52-50-48-46-20-18-16-14-12-10-8-6-4-2)64-88-76-74(87)72(85)75(68(63-80)90-76)91-77-73(86)71(84)70(83)67(62-79)89-77/h5,7,11,13,17-20,22-23,50,52,58,60,65-68,70-77,79-81,83-87H,3-4,6,8-10,12,14-16,21,24-49,51,53-57,59,61-64H2,1-2H3,(H,78,82)/b7-5-,13-11-,19-17-,20-18+,23-22-,52-50+,60-58+. The number of amides is 1. The average molecular weight is 1280 g/mol. The van der Waals surface area contributed by atoms with Crippen LogP contribution in [-0.4, -0.2) is 140 Å². The van der Waals surface area contributed by atoms with Crippen LogP contribution < -0.4 is 5.32 Å². The maximum absolute atomic E-state index is 13.3. The molecule has 2 aliphatic rings. The van der Waals surface area contributed by atoms with Gasteiger partial charge in [-0.3, -0.25) is 4.79 Å². The lowest BCUT2D eigenvalue weighted by Gasteiger charge is -2.46. The zero-order valence-corrected chi connectivity index (χ0v) is 57.6. The second-order valence-electron chi connectivity index (χ2n) is 26.0. The molecule has 0 aliphatic carbocycles. The van der Waals surface area contributed by atoms with E-state index in [0.29, 0.717) is 12.8 Å². The van der Waals surface area contributed by atoms with Crippen LogP contribution in [0.25, 0.3) is 0 Å². The van der Waals surface area contributed by atoms with Crippen LogP contribution in [0.2, 0.25) is 0 Å². The number of nitrogens with one attached hydrogen (secondary N) is 1. The summed E-state index contributed by atoms with van der Waals surface area (Å²) in [6.45, 7) is 2.67. The molecule has 2 rings (SSSR count). The van der Waals surface area contributed by atoms with Crippen LogP contribution in [-0.2, 0) is 23.7 Å². The smallest absolute Gasteiger partial charge is 0.220 e. The van der Waals surface area contributed by atoms with E-state index in [1.54, 1.807) is 6.08 Å². The zero-order valence-electron chi connectivity index (χ0n) is 57.6. The van der Waals surface area contributed by atoms with E-state index in [4.69, 9.17) is 18.9 Å². The summed E-state index contributed by atoms with van der Waals surface area (Å²) in [5, 5.41) is 87.3. The van der Waals surface area contributed by atoms with Crippen LogP contribution in [0.4, 0.5) is 0 Å². The normalized spacial score (nSPS) is 23.3. The predicted octanol–water partition coefficient (Wildman–Crippen LogP) is 16.0. The van der Waals surface area contributed by atoms with Gasteiger partial charge in [-0.05, 0) is 83.5 Å². The van der Waals surface area contributed by atoms with Crippen molar-refractivity contribution in [2.75, 3.05) is 19.8 Å². The maximum Gasteiger partial charge on any atom is 0.220 e. The fourth-order valence-electron chi connectivity index (χ4n) is 11.9. The number of hydrogen-bond donors (Lipinski definition) is 9. The third kappa shape index (κ3) is 44.5. The molecule has 14 nitrogen and oxygen atoms in total. The van der Waals surface area contributed by atoms with Crippen LogP contribution in [0.1, 0.15) is 303 Å². The molecule has 2 aliphatic heterocycles. The Morgan fingerprint density at radius 1 is 0.407 bits per heavy atom. The Morgan fingerprint density at radius 2 is 0.769 bits per heavy atom. The van der Waals surface area contributed by atoms with Crippen molar-refractivity contribution < 1.29 is 64.6 Å². The molecule has 12 atom stereocenters. The lowest BCUT2D eigenvalue weighted by Crippen LogP contribution is -2.65. The molecule has 12 unspecified atom stereocenters. The molecule has 0 aromatic carbocycles. The van der Waals surface area contributed by atoms with E-state index in [0.717, 1.165) is 70.6 Å². The van der Waals surface area contributed by atoms with Gasteiger partial charge < -0.3 is 65.1 Å². The third-order valence-electron chi connectivity index (χ3n) is 17.8. The van der Waals surface area contributed by atoms with Crippen LogP contribution in [0.5, 0.6) is 0 Å². The monoisotopic (exact) mass is 1280 g/mol. The molecule has 91 heavy (non-hydrogen) atoms. The molecular weight excluding hydrogens is 1150 g/mol. The maximum atomic E-state index is 13.3. The number of unbranched alkanes of at least 4 members (excludes halogenated alkanes) is 36. The highest BCUT2D eigenvalue weighted by Crippen LogP contribution is 2.30. The largest absolute Gasteiger partial charge is 0.394 e. The van der Waals surface area contributed by atoms with E-state index >= 15 is 0 Å². The first-order valence-corrected chi connectivity index (χ1v) is 37.3. The molecule has 0 spiro atoms. The molecule has 0 aromatic heterocycles. The topological polar surface area (TPSA) is 228 Å². The van der Waals surface area contributed by atoms with Crippen LogP contribution in [0.15, 0.2) is 85.1 Å². The van der Waals surface area contributed by atoms with Crippen molar-refractivity contribution >= 4 is 5.91 Å². The SMILES string of the molecule is CC/C=C\C/C=C\C/C=C\C/C=C\CCCCCCCCCCCCCCCCCCCCCCCCCCCCCCC(=O)NC(COC1OC(CO)C(OC2OC(CO)C(O)C(O)C2O)C(O)C1O)C(O)/C=C/CC/C=C/CC/C=C/CCCCCCCC. The number of carbonyl (C=O) groups excluding carboxylic acids is 1. The first-order valence-electron chi connectivity index (χ1n) is 37.3. The van der Waals surface area contributed by atoms with Gasteiger partial charge in [-0.1, -0.05) is 298 Å². The highest BCUT2D eigenvalue weighted by atomic mass is 16.7. The number of rotatable bonds is 61. The molecule has 0 radical (unpaired) electrons. The van der Waals surface area contributed by atoms with Crippen molar-refractivity contribution in [2.45, 2.75) is 376 Å². The highest BCUT2D eigenvalue weighted by Gasteiger charge is 2.51. The van der Waals surface area contributed by atoms with Gasteiger partial charge in [-0.25, -0.2) is 0 Å². The molecular formula is C77H137NO13. The minimum Gasteiger partial charge on any atom is -0.394 e. The van der Waals surface area contributed by atoms with Gasteiger partial charge in [0.2, 0.25) is 5.91 Å². The van der Waals surface area contributed by atoms with E-state index in [1.807, 2.05) is 6.08 Å². The molecule has 14 heteroatoms. The number of aliphatic hydroxyl groups excluding tert-OH is 8. The van der Waals surface area contributed by atoms with Gasteiger partial charge >= 0.3 is 0 Å². The van der Waals surface area contributed by atoms with Crippen LogP contribution >= 0.6 is 0 Å². The molecule has 2 fully saturated rings. The van der Waals surface area contributed by atoms with Crippen molar-refractivity contribution in [2.24, 2.45) is 0 Å². The fourth-order valence-corrected chi connectivity index (χ4v) is 11.9. The van der Waals surface area contributed by atoms with E-state index in [-0.39, 0.29) is 18.9 Å². The van der Waals surface area contributed by atoms with Gasteiger partial charge in [0.05, 0.1) is 32.0 Å². The Bertz CT molecular complexity index is 1850. The summed E-state index contributed by atoms with van der Waals surface area (Å²) in [5.74, 6) is -0.250. The quantitative estimate of drug-likeness (QED) is 0.0204. The van der Waals surface area contributed by atoms with Gasteiger partial charge in [0.15, 0.2) is 12.6 Å². The van der Waals surface area contributed by atoms with Gasteiger partial charge in [0.25, 0.3) is 0 Å². The number of allylic oxidation sites excluding steroid dienone is 13. The van der Waals surface area contributed by atoms with Crippen molar-refractivity contribution in [3.05, 3.63) is 85.1 Å². The van der Waals surface area contributed by atoms with E-state index in [2.05, 4.69) is 92.1 Å². The van der Waals surface area contributed by atoms with E-state index in [1.165, 1.54) is 199 Å². The Kier molecular flexibility index (Phi) is 56.3. The van der Waals surface area contributed by atoms with E-state index < -0.39 is 86.8 Å². The van der Waals surface area contributed by atoms with Crippen molar-refractivity contribution in [3.63, 3.8) is 0 Å². The highest BCUT2D eigenvalue weighted by molar-refractivity contribution is 5.76. The van der Waals surface area contributed by atoms with Crippen molar-refractivity contribution in [1.82, 2.24) is 5.32 Å². The lowest BCUT2D eigenvalue weighted by atomic mass is 9.97. The zero-order chi connectivity index (χ0) is 65.9. The lowest BCUT2D eigenvalue weighted by molar-refractivity contribution is -0.359. The van der Waals surface area contributed by atoms with Gasteiger partial charge in [-0.15, -0.1) is 0 Å². The van der Waals surface area contributed by atoms with Gasteiger partial charge in [0.1, 0.15) is 48.8 Å². The Morgan fingerprint density at radius 3 is 1.21 bits per heavy atom. The summed E-state index contributed by atoms with van der Waals surface area (Å²) in [5.41, 5.74) is 0. The molecule has 528 valence electrons. The van der Waals surface area contributed by atoms with Gasteiger partial charge in [-0.2, -0.15) is 0 Å². The molecule has 2 heterocycles. The summed E-state index contributed by atoms with van der Waals surface area (Å²) in [7, 11) is 0. The molecule has 2 saturated heterocycles. The van der Waals surface area contributed by atoms with Crippen LogP contribution in [0.3, 0.4) is 0 Å². The third-order valence-corrected chi connectivity index (χ3v) is 17.8. The number of ether oxygens (including phenoxy) is 4. The van der Waals surface area contributed by atoms with Crippen molar-refractivity contribution in [3.8, 4) is 0 Å². The fraction of sp³-hybridized carbons (Fsp3) is 0.805. The Labute approximate surface area is 554 Å².